The van der Waals surface area contributed by atoms with Crippen LogP contribution in [0.4, 0.5) is 0 Å². The molecule has 0 aliphatic heterocycles. The van der Waals surface area contributed by atoms with Gasteiger partial charge in [-0.3, -0.25) is 4.79 Å². The first-order valence-corrected chi connectivity index (χ1v) is 6.13. The summed E-state index contributed by atoms with van der Waals surface area (Å²) in [6.45, 7) is 1.90. The molecule has 0 aliphatic carbocycles. The van der Waals surface area contributed by atoms with E-state index in [4.69, 9.17) is 9.15 Å². The van der Waals surface area contributed by atoms with E-state index in [1.54, 1.807) is 6.07 Å². The molecule has 0 amide bonds. The summed E-state index contributed by atoms with van der Waals surface area (Å²) >= 11 is 0. The summed E-state index contributed by atoms with van der Waals surface area (Å²) in [7, 11) is 0. The van der Waals surface area contributed by atoms with Crippen LogP contribution in [0.1, 0.15) is 5.56 Å². The maximum Gasteiger partial charge on any atom is 0.235 e. The van der Waals surface area contributed by atoms with E-state index in [9.17, 15) is 9.90 Å². The molecule has 3 aromatic rings. The average Bonchev–Trinajstić information content (AvgIpc) is 2.44. The topological polar surface area (TPSA) is 59.7 Å². The Morgan fingerprint density at radius 1 is 1.10 bits per heavy atom. The Balaban J connectivity index is 2.09. The number of aromatic hydroxyl groups is 1. The van der Waals surface area contributed by atoms with Gasteiger partial charge in [-0.25, -0.2) is 0 Å². The molecule has 0 saturated carbocycles. The van der Waals surface area contributed by atoms with Crippen LogP contribution in [0.25, 0.3) is 11.0 Å². The van der Waals surface area contributed by atoms with Gasteiger partial charge < -0.3 is 14.3 Å². The second-order valence-corrected chi connectivity index (χ2v) is 4.48. The number of aryl methyl sites for hydroxylation is 1. The Morgan fingerprint density at radius 3 is 2.70 bits per heavy atom. The Bertz CT molecular complexity index is 833. The highest BCUT2D eigenvalue weighted by atomic mass is 16.5. The lowest BCUT2D eigenvalue weighted by atomic mass is 10.2. The molecule has 0 saturated heterocycles. The van der Waals surface area contributed by atoms with Crippen molar-refractivity contribution < 1.29 is 14.3 Å². The molecule has 20 heavy (non-hydrogen) atoms. The Labute approximate surface area is 114 Å². The molecule has 1 aromatic heterocycles. The predicted molar refractivity (Wildman–Crippen MR) is 75.4 cm³/mol. The second-order valence-electron chi connectivity index (χ2n) is 4.48. The summed E-state index contributed by atoms with van der Waals surface area (Å²) in [6, 6.07) is 11.8. The molecule has 0 radical (unpaired) electrons. The van der Waals surface area contributed by atoms with Crippen LogP contribution in [-0.2, 0) is 0 Å². The van der Waals surface area contributed by atoms with Gasteiger partial charge in [-0.05, 0) is 30.7 Å². The third-order valence-electron chi connectivity index (χ3n) is 3.04. The van der Waals surface area contributed by atoms with Crippen molar-refractivity contribution in [2.24, 2.45) is 0 Å². The fraction of sp³-hybridized carbons (Fsp3) is 0.0625. The zero-order chi connectivity index (χ0) is 14.1. The number of phenolic OH excluding ortho intramolecular Hbond substituents is 1. The van der Waals surface area contributed by atoms with Crippen molar-refractivity contribution in [3.63, 3.8) is 0 Å². The minimum Gasteiger partial charge on any atom is -0.508 e. The Hall–Kier alpha value is -2.75. The molecular formula is C16H12O4. The van der Waals surface area contributed by atoms with Gasteiger partial charge in [-0.2, -0.15) is 0 Å². The van der Waals surface area contributed by atoms with Crippen molar-refractivity contribution in [3.05, 3.63) is 64.5 Å². The van der Waals surface area contributed by atoms with Gasteiger partial charge in [0, 0.05) is 6.07 Å². The molecule has 0 aliphatic rings. The first kappa shape index (κ1) is 12.3. The van der Waals surface area contributed by atoms with Crippen LogP contribution in [0, 0.1) is 6.92 Å². The van der Waals surface area contributed by atoms with Gasteiger partial charge in [0.2, 0.25) is 11.2 Å². The predicted octanol–water partition coefficient (Wildman–Crippen LogP) is 3.60. The van der Waals surface area contributed by atoms with Crippen LogP contribution in [0.15, 0.2) is 57.9 Å². The van der Waals surface area contributed by atoms with Gasteiger partial charge in [-0.15, -0.1) is 0 Å². The number of ether oxygens (including phenoxy) is 1. The summed E-state index contributed by atoms with van der Waals surface area (Å²) in [5.41, 5.74) is 0.985. The highest BCUT2D eigenvalue weighted by Gasteiger charge is 2.10. The molecule has 100 valence electrons. The fourth-order valence-electron chi connectivity index (χ4n) is 1.96. The molecule has 4 heteroatoms. The lowest BCUT2D eigenvalue weighted by molar-refractivity contribution is 0.446. The number of benzene rings is 2. The first-order chi connectivity index (χ1) is 9.65. The number of rotatable bonds is 2. The van der Waals surface area contributed by atoms with E-state index in [1.165, 1.54) is 24.5 Å². The first-order valence-electron chi connectivity index (χ1n) is 6.13. The van der Waals surface area contributed by atoms with Crippen LogP contribution in [0.3, 0.4) is 0 Å². The van der Waals surface area contributed by atoms with Crippen LogP contribution >= 0.6 is 0 Å². The number of para-hydroxylation sites is 1. The normalized spacial score (nSPS) is 10.7. The van der Waals surface area contributed by atoms with Crippen LogP contribution in [-0.4, -0.2) is 5.11 Å². The SMILES string of the molecule is Cc1ccccc1Oc1coc2cc(O)ccc2c1=O. The smallest absolute Gasteiger partial charge is 0.235 e. The largest absolute Gasteiger partial charge is 0.508 e. The van der Waals surface area contributed by atoms with Crippen molar-refractivity contribution >= 4 is 11.0 Å². The van der Waals surface area contributed by atoms with E-state index in [0.717, 1.165) is 5.56 Å². The van der Waals surface area contributed by atoms with Crippen LogP contribution < -0.4 is 10.2 Å². The van der Waals surface area contributed by atoms with Crippen molar-refractivity contribution in [1.82, 2.24) is 0 Å². The zero-order valence-electron chi connectivity index (χ0n) is 10.8. The summed E-state index contributed by atoms with van der Waals surface area (Å²) < 4.78 is 10.9. The molecule has 4 nitrogen and oxygen atoms in total. The van der Waals surface area contributed by atoms with Gasteiger partial charge >= 0.3 is 0 Å². The molecule has 0 fully saturated rings. The lowest BCUT2D eigenvalue weighted by Crippen LogP contribution is -2.05. The maximum atomic E-state index is 12.3. The standard InChI is InChI=1S/C16H12O4/c1-10-4-2-3-5-13(10)20-15-9-19-14-8-11(17)6-7-12(14)16(15)18/h2-9,17H,1H3. The van der Waals surface area contributed by atoms with E-state index in [1.807, 2.05) is 25.1 Å². The molecule has 3 rings (SSSR count). The highest BCUT2D eigenvalue weighted by molar-refractivity contribution is 5.78. The quantitative estimate of drug-likeness (QED) is 0.771. The second kappa shape index (κ2) is 4.74. The minimum absolute atomic E-state index is 0.0493. The highest BCUT2D eigenvalue weighted by Crippen LogP contribution is 2.25. The van der Waals surface area contributed by atoms with E-state index in [-0.39, 0.29) is 16.9 Å². The average molecular weight is 268 g/mol. The molecule has 0 spiro atoms. The zero-order valence-corrected chi connectivity index (χ0v) is 10.8. The van der Waals surface area contributed by atoms with E-state index >= 15 is 0 Å². The molecule has 0 unspecified atom stereocenters. The lowest BCUT2D eigenvalue weighted by Gasteiger charge is -2.07. The van der Waals surface area contributed by atoms with Gasteiger partial charge in [0.25, 0.3) is 0 Å². The molecule has 2 aromatic carbocycles. The van der Waals surface area contributed by atoms with Crippen molar-refractivity contribution in [2.45, 2.75) is 6.92 Å². The number of hydrogen-bond donors (Lipinski definition) is 1. The van der Waals surface area contributed by atoms with E-state index in [2.05, 4.69) is 0 Å². The number of phenols is 1. The third kappa shape index (κ3) is 2.12. The van der Waals surface area contributed by atoms with Gasteiger partial charge in [-0.1, -0.05) is 18.2 Å². The molecule has 1 N–H and O–H groups in total. The van der Waals surface area contributed by atoms with Gasteiger partial charge in [0.15, 0.2) is 0 Å². The van der Waals surface area contributed by atoms with E-state index < -0.39 is 0 Å². The van der Waals surface area contributed by atoms with Crippen LogP contribution in [0.5, 0.6) is 17.2 Å². The molecular weight excluding hydrogens is 256 g/mol. The summed E-state index contributed by atoms with van der Waals surface area (Å²) in [5.74, 6) is 0.781. The van der Waals surface area contributed by atoms with Gasteiger partial charge in [0.05, 0.1) is 5.39 Å². The molecule has 0 bridgehead atoms. The maximum absolute atomic E-state index is 12.3. The van der Waals surface area contributed by atoms with E-state index in [0.29, 0.717) is 16.7 Å². The Morgan fingerprint density at radius 2 is 1.90 bits per heavy atom. The molecule has 0 atom stereocenters. The fourth-order valence-corrected chi connectivity index (χ4v) is 1.96. The van der Waals surface area contributed by atoms with Crippen molar-refractivity contribution in [1.29, 1.82) is 0 Å². The summed E-state index contributed by atoms with van der Waals surface area (Å²) in [4.78, 5) is 12.3. The third-order valence-corrected chi connectivity index (χ3v) is 3.04. The van der Waals surface area contributed by atoms with Gasteiger partial charge in [0.1, 0.15) is 23.3 Å². The summed E-state index contributed by atoms with van der Waals surface area (Å²) in [5, 5.41) is 9.74. The summed E-state index contributed by atoms with van der Waals surface area (Å²) in [6.07, 6.45) is 1.26. The van der Waals surface area contributed by atoms with Crippen LogP contribution in [0.2, 0.25) is 0 Å². The van der Waals surface area contributed by atoms with Crippen molar-refractivity contribution in [3.8, 4) is 17.2 Å². The monoisotopic (exact) mass is 268 g/mol. The van der Waals surface area contributed by atoms with Crippen molar-refractivity contribution in [2.75, 3.05) is 0 Å². The Kier molecular flexibility index (Phi) is 2.91. The number of fused-ring (bicyclic) bond motifs is 1. The molecule has 1 heterocycles. The minimum atomic E-state index is -0.269. The number of hydrogen-bond acceptors (Lipinski definition) is 4.